The SMILES string of the molecule is CCCCC1=NC2(CCCC2)CN1Cc1ccc(-c2ccccc2C(=O)C(C)(C)C)cc1. The molecule has 1 fully saturated rings. The van der Waals surface area contributed by atoms with Gasteiger partial charge in [0.2, 0.25) is 0 Å². The number of nitrogens with zero attached hydrogens (tertiary/aromatic N) is 2. The summed E-state index contributed by atoms with van der Waals surface area (Å²) in [5.74, 6) is 1.51. The Morgan fingerprint density at radius 1 is 1.03 bits per heavy atom. The number of hydrogen-bond donors (Lipinski definition) is 0. The zero-order valence-electron chi connectivity index (χ0n) is 20.3. The molecule has 0 amide bonds. The fraction of sp³-hybridized carbons (Fsp3) is 0.517. The van der Waals surface area contributed by atoms with E-state index >= 15 is 0 Å². The fourth-order valence-corrected chi connectivity index (χ4v) is 5.17. The van der Waals surface area contributed by atoms with E-state index in [0.29, 0.717) is 0 Å². The van der Waals surface area contributed by atoms with Gasteiger partial charge in [0.25, 0.3) is 0 Å². The molecule has 32 heavy (non-hydrogen) atoms. The summed E-state index contributed by atoms with van der Waals surface area (Å²) in [5, 5.41) is 0. The number of ketones is 1. The van der Waals surface area contributed by atoms with Crippen molar-refractivity contribution < 1.29 is 4.79 Å². The second-order valence-corrected chi connectivity index (χ2v) is 10.7. The van der Waals surface area contributed by atoms with Gasteiger partial charge in [0.1, 0.15) is 5.84 Å². The predicted octanol–water partition coefficient (Wildman–Crippen LogP) is 7.30. The van der Waals surface area contributed by atoms with Gasteiger partial charge in [-0.25, -0.2) is 0 Å². The number of unbranched alkanes of at least 4 members (excludes halogenated alkanes) is 1. The zero-order chi connectivity index (χ0) is 22.8. The largest absolute Gasteiger partial charge is 0.354 e. The van der Waals surface area contributed by atoms with Gasteiger partial charge in [-0.1, -0.05) is 95.5 Å². The molecule has 4 rings (SSSR count). The topological polar surface area (TPSA) is 32.7 Å². The third-order valence-corrected chi connectivity index (χ3v) is 7.00. The second-order valence-electron chi connectivity index (χ2n) is 10.7. The molecule has 0 radical (unpaired) electrons. The molecule has 3 heteroatoms. The first-order valence-corrected chi connectivity index (χ1v) is 12.4. The Morgan fingerprint density at radius 3 is 2.38 bits per heavy atom. The van der Waals surface area contributed by atoms with Gasteiger partial charge in [-0.3, -0.25) is 9.79 Å². The Balaban J connectivity index is 1.53. The molecule has 0 saturated heterocycles. The molecule has 0 N–H and O–H groups in total. The molecule has 170 valence electrons. The number of benzene rings is 2. The van der Waals surface area contributed by atoms with E-state index in [-0.39, 0.29) is 11.3 Å². The fourth-order valence-electron chi connectivity index (χ4n) is 5.17. The van der Waals surface area contributed by atoms with Gasteiger partial charge in [-0.2, -0.15) is 0 Å². The third-order valence-electron chi connectivity index (χ3n) is 7.00. The average molecular weight is 431 g/mol. The summed E-state index contributed by atoms with van der Waals surface area (Å²) >= 11 is 0. The maximum Gasteiger partial charge on any atom is 0.168 e. The number of rotatable bonds is 7. The summed E-state index contributed by atoms with van der Waals surface area (Å²) in [6.07, 6.45) is 8.65. The van der Waals surface area contributed by atoms with E-state index in [1.54, 1.807) is 0 Å². The Bertz CT molecular complexity index is 975. The van der Waals surface area contributed by atoms with Crippen molar-refractivity contribution in [3.63, 3.8) is 0 Å². The minimum atomic E-state index is -0.393. The van der Waals surface area contributed by atoms with Gasteiger partial charge in [-0.15, -0.1) is 0 Å². The highest BCUT2D eigenvalue weighted by Crippen LogP contribution is 2.39. The number of hydrogen-bond acceptors (Lipinski definition) is 3. The van der Waals surface area contributed by atoms with Gasteiger partial charge >= 0.3 is 0 Å². The molecule has 1 saturated carbocycles. The van der Waals surface area contributed by atoms with E-state index in [1.165, 1.54) is 49.9 Å². The normalized spacial score (nSPS) is 17.8. The molecule has 1 aliphatic carbocycles. The van der Waals surface area contributed by atoms with Crippen LogP contribution in [0.15, 0.2) is 53.5 Å². The maximum atomic E-state index is 13.0. The highest BCUT2D eigenvalue weighted by Gasteiger charge is 2.40. The Labute approximate surface area is 193 Å². The van der Waals surface area contributed by atoms with Crippen molar-refractivity contribution in [1.82, 2.24) is 4.90 Å². The number of carbonyl (C=O) groups is 1. The van der Waals surface area contributed by atoms with Gasteiger partial charge < -0.3 is 4.90 Å². The molecule has 0 bridgehead atoms. The first-order chi connectivity index (χ1) is 15.3. The Morgan fingerprint density at radius 2 is 1.72 bits per heavy atom. The first kappa shape index (κ1) is 22.8. The molecule has 1 heterocycles. The molecule has 3 nitrogen and oxygen atoms in total. The molecule has 2 aromatic carbocycles. The van der Waals surface area contributed by atoms with E-state index < -0.39 is 5.41 Å². The minimum absolute atomic E-state index is 0.188. The molecule has 0 atom stereocenters. The van der Waals surface area contributed by atoms with Crippen molar-refractivity contribution in [2.24, 2.45) is 10.4 Å². The smallest absolute Gasteiger partial charge is 0.168 e. The van der Waals surface area contributed by atoms with E-state index in [9.17, 15) is 4.79 Å². The predicted molar refractivity (Wildman–Crippen MR) is 134 cm³/mol. The molecule has 0 aromatic heterocycles. The molecular weight excluding hydrogens is 392 g/mol. The standard InChI is InChI=1S/C29H38N2O/c1-5-6-13-26-30-29(18-9-10-19-29)21-31(26)20-22-14-16-23(17-15-22)24-11-7-8-12-25(24)27(32)28(2,3)4/h7-8,11-12,14-17H,5-6,9-10,13,18-21H2,1-4H3. The van der Waals surface area contributed by atoms with Crippen molar-refractivity contribution in [2.45, 2.75) is 84.7 Å². The minimum Gasteiger partial charge on any atom is -0.354 e. The van der Waals surface area contributed by atoms with E-state index in [0.717, 1.165) is 36.2 Å². The lowest BCUT2D eigenvalue weighted by atomic mass is 9.83. The molecule has 1 aliphatic heterocycles. The lowest BCUT2D eigenvalue weighted by molar-refractivity contribution is 0.0859. The van der Waals surface area contributed by atoms with E-state index in [1.807, 2.05) is 39.0 Å². The summed E-state index contributed by atoms with van der Waals surface area (Å²) < 4.78 is 0. The second kappa shape index (κ2) is 9.21. The van der Waals surface area contributed by atoms with Crippen LogP contribution in [0.4, 0.5) is 0 Å². The van der Waals surface area contributed by atoms with E-state index in [2.05, 4.69) is 42.2 Å². The lowest BCUT2D eigenvalue weighted by Crippen LogP contribution is -2.33. The third kappa shape index (κ3) is 4.82. The van der Waals surface area contributed by atoms with Crippen LogP contribution in [0.1, 0.15) is 88.6 Å². The molecule has 1 spiro atoms. The van der Waals surface area contributed by atoms with Crippen LogP contribution < -0.4 is 0 Å². The van der Waals surface area contributed by atoms with Crippen molar-refractivity contribution in [3.8, 4) is 11.1 Å². The monoisotopic (exact) mass is 430 g/mol. The number of aliphatic imine (C=N–C) groups is 1. The van der Waals surface area contributed by atoms with Crippen LogP contribution >= 0.6 is 0 Å². The number of Topliss-reactive ketones (excluding diaryl/α,β-unsaturated/α-hetero) is 1. The number of amidine groups is 1. The summed E-state index contributed by atoms with van der Waals surface area (Å²) in [4.78, 5) is 20.8. The average Bonchev–Trinajstić information content (AvgIpc) is 3.37. The van der Waals surface area contributed by atoms with Crippen LogP contribution in [0, 0.1) is 5.41 Å². The van der Waals surface area contributed by atoms with E-state index in [4.69, 9.17) is 4.99 Å². The summed E-state index contributed by atoms with van der Waals surface area (Å²) in [6, 6.07) is 16.8. The van der Waals surface area contributed by atoms with Crippen molar-refractivity contribution in [1.29, 1.82) is 0 Å². The summed E-state index contributed by atoms with van der Waals surface area (Å²) in [5.41, 5.74) is 4.05. The highest BCUT2D eigenvalue weighted by molar-refractivity contribution is 6.05. The van der Waals surface area contributed by atoms with Crippen LogP contribution in [0.5, 0.6) is 0 Å². The molecule has 2 aromatic rings. The van der Waals surface area contributed by atoms with Crippen LogP contribution in [0.25, 0.3) is 11.1 Å². The summed E-state index contributed by atoms with van der Waals surface area (Å²) in [6.45, 7) is 10.2. The maximum absolute atomic E-state index is 13.0. The van der Waals surface area contributed by atoms with Crippen LogP contribution in [0.2, 0.25) is 0 Å². The van der Waals surface area contributed by atoms with Crippen LogP contribution in [-0.2, 0) is 6.54 Å². The van der Waals surface area contributed by atoms with Crippen molar-refractivity contribution in [3.05, 3.63) is 59.7 Å². The van der Waals surface area contributed by atoms with Gasteiger partial charge in [0.05, 0.1) is 5.54 Å². The van der Waals surface area contributed by atoms with Gasteiger partial charge in [0.15, 0.2) is 5.78 Å². The quantitative estimate of drug-likeness (QED) is 0.432. The Kier molecular flexibility index (Phi) is 6.55. The highest BCUT2D eigenvalue weighted by atomic mass is 16.1. The zero-order valence-corrected chi connectivity index (χ0v) is 20.3. The lowest BCUT2D eigenvalue weighted by Gasteiger charge is -2.25. The summed E-state index contributed by atoms with van der Waals surface area (Å²) in [7, 11) is 0. The number of carbonyl (C=O) groups excluding carboxylic acids is 1. The molecule has 0 unspecified atom stereocenters. The molecule has 2 aliphatic rings. The van der Waals surface area contributed by atoms with Crippen molar-refractivity contribution >= 4 is 11.6 Å². The van der Waals surface area contributed by atoms with Crippen LogP contribution in [0.3, 0.4) is 0 Å². The van der Waals surface area contributed by atoms with Crippen LogP contribution in [-0.4, -0.2) is 28.6 Å². The molecular formula is C29H38N2O. The Hall–Kier alpha value is -2.42. The first-order valence-electron chi connectivity index (χ1n) is 12.4. The van der Waals surface area contributed by atoms with Crippen molar-refractivity contribution in [2.75, 3.05) is 6.54 Å². The van der Waals surface area contributed by atoms with Gasteiger partial charge in [0, 0.05) is 30.5 Å². The van der Waals surface area contributed by atoms with Gasteiger partial charge in [-0.05, 0) is 36.0 Å².